The molecule has 3 rings (SSSR count). The van der Waals surface area contributed by atoms with Crippen molar-refractivity contribution in [3.8, 4) is 23.5 Å². The molecule has 0 spiro atoms. The van der Waals surface area contributed by atoms with E-state index in [-0.39, 0.29) is 24.6 Å². The van der Waals surface area contributed by atoms with Crippen LogP contribution in [-0.4, -0.2) is 22.0 Å². The Labute approximate surface area is 146 Å². The Bertz CT molecular complexity index is 999. The van der Waals surface area contributed by atoms with Gasteiger partial charge in [-0.25, -0.2) is 4.98 Å². The second-order valence-electron chi connectivity index (χ2n) is 4.99. The summed E-state index contributed by atoms with van der Waals surface area (Å²) in [6, 6.07) is 7.23. The quantitative estimate of drug-likeness (QED) is 0.730. The van der Waals surface area contributed by atoms with E-state index < -0.39 is 0 Å². The standard InChI is InChI=1S/C17H12ClN3O2S/c1-2-7-19-14(22)8-21-10-20-16-15(17(21)23)13(9-24-16)11-3-5-12(18)6-4-11/h1,3-6,9-10H,7-8H2,(H,19,22). The molecule has 5 nitrogen and oxygen atoms in total. The smallest absolute Gasteiger partial charge is 0.263 e. The highest BCUT2D eigenvalue weighted by Gasteiger charge is 2.14. The Morgan fingerprint density at radius 2 is 2.12 bits per heavy atom. The molecule has 1 aromatic carbocycles. The topological polar surface area (TPSA) is 64.0 Å². The fraction of sp³-hybridized carbons (Fsp3) is 0.118. The second kappa shape index (κ2) is 6.87. The largest absolute Gasteiger partial charge is 0.344 e. The fourth-order valence-electron chi connectivity index (χ4n) is 2.28. The summed E-state index contributed by atoms with van der Waals surface area (Å²) in [7, 11) is 0. The number of halogens is 1. The molecule has 120 valence electrons. The summed E-state index contributed by atoms with van der Waals surface area (Å²) >= 11 is 7.30. The van der Waals surface area contributed by atoms with Crippen LogP contribution in [0.3, 0.4) is 0 Å². The molecule has 2 heterocycles. The van der Waals surface area contributed by atoms with Crippen molar-refractivity contribution >= 4 is 39.1 Å². The van der Waals surface area contributed by atoms with Gasteiger partial charge < -0.3 is 5.32 Å². The molecule has 2 aromatic heterocycles. The molecule has 0 aliphatic carbocycles. The van der Waals surface area contributed by atoms with Crippen molar-refractivity contribution < 1.29 is 4.79 Å². The molecule has 0 bridgehead atoms. The first-order valence-electron chi connectivity index (χ1n) is 7.03. The van der Waals surface area contributed by atoms with Crippen molar-refractivity contribution in [2.24, 2.45) is 0 Å². The van der Waals surface area contributed by atoms with Gasteiger partial charge in [0.25, 0.3) is 5.56 Å². The molecule has 0 saturated carbocycles. The zero-order chi connectivity index (χ0) is 17.1. The minimum absolute atomic E-state index is 0.123. The van der Waals surface area contributed by atoms with E-state index >= 15 is 0 Å². The lowest BCUT2D eigenvalue weighted by Gasteiger charge is -2.06. The zero-order valence-electron chi connectivity index (χ0n) is 12.5. The predicted octanol–water partition coefficient (Wildman–Crippen LogP) is 2.53. The maximum absolute atomic E-state index is 12.7. The molecule has 1 amide bonds. The summed E-state index contributed by atoms with van der Waals surface area (Å²) in [5, 5.41) is 5.53. The third-order valence-electron chi connectivity index (χ3n) is 3.42. The van der Waals surface area contributed by atoms with Gasteiger partial charge in [-0.1, -0.05) is 29.7 Å². The van der Waals surface area contributed by atoms with Crippen LogP contribution in [0.4, 0.5) is 0 Å². The Morgan fingerprint density at radius 1 is 1.38 bits per heavy atom. The van der Waals surface area contributed by atoms with Crippen molar-refractivity contribution in [3.63, 3.8) is 0 Å². The summed E-state index contributed by atoms with van der Waals surface area (Å²) < 4.78 is 1.28. The van der Waals surface area contributed by atoms with Crippen molar-refractivity contribution in [2.75, 3.05) is 6.54 Å². The second-order valence-corrected chi connectivity index (χ2v) is 6.29. The Balaban J connectivity index is 2.03. The lowest BCUT2D eigenvalue weighted by Crippen LogP contribution is -2.32. The number of benzene rings is 1. The summed E-state index contributed by atoms with van der Waals surface area (Å²) in [6.45, 7) is -0.00289. The number of thiophene rings is 1. The summed E-state index contributed by atoms with van der Waals surface area (Å²) in [6.07, 6.45) is 6.48. The van der Waals surface area contributed by atoms with Crippen LogP contribution in [0.1, 0.15) is 0 Å². The number of amides is 1. The molecule has 0 saturated heterocycles. The maximum Gasteiger partial charge on any atom is 0.263 e. The SMILES string of the molecule is C#CCNC(=O)Cn1cnc2scc(-c3ccc(Cl)cc3)c2c1=O. The highest BCUT2D eigenvalue weighted by molar-refractivity contribution is 7.17. The van der Waals surface area contributed by atoms with Crippen LogP contribution in [0, 0.1) is 12.3 Å². The molecular formula is C17H12ClN3O2S. The van der Waals surface area contributed by atoms with Crippen LogP contribution in [0.5, 0.6) is 0 Å². The number of carbonyl (C=O) groups is 1. The van der Waals surface area contributed by atoms with Crippen molar-refractivity contribution in [1.82, 2.24) is 14.9 Å². The Morgan fingerprint density at radius 3 is 2.83 bits per heavy atom. The molecular weight excluding hydrogens is 346 g/mol. The molecule has 0 radical (unpaired) electrons. The lowest BCUT2D eigenvalue weighted by atomic mass is 10.1. The van der Waals surface area contributed by atoms with Crippen LogP contribution in [0.15, 0.2) is 40.8 Å². The molecule has 0 unspecified atom stereocenters. The number of fused-ring (bicyclic) bond motifs is 1. The number of aromatic nitrogens is 2. The van der Waals surface area contributed by atoms with Crippen LogP contribution in [-0.2, 0) is 11.3 Å². The van der Waals surface area contributed by atoms with Crippen molar-refractivity contribution in [3.05, 3.63) is 51.3 Å². The predicted molar refractivity (Wildman–Crippen MR) is 96.2 cm³/mol. The number of hydrogen-bond acceptors (Lipinski definition) is 4. The monoisotopic (exact) mass is 357 g/mol. The van der Waals surface area contributed by atoms with Gasteiger partial charge in [-0.15, -0.1) is 17.8 Å². The van der Waals surface area contributed by atoms with E-state index in [1.54, 1.807) is 12.1 Å². The molecule has 0 fully saturated rings. The van der Waals surface area contributed by atoms with E-state index in [0.717, 1.165) is 11.1 Å². The first-order chi connectivity index (χ1) is 11.6. The number of terminal acetylenes is 1. The summed E-state index contributed by atoms with van der Waals surface area (Å²) in [4.78, 5) is 29.4. The van der Waals surface area contributed by atoms with E-state index in [1.165, 1.54) is 22.2 Å². The van der Waals surface area contributed by atoms with E-state index in [4.69, 9.17) is 18.0 Å². The minimum atomic E-state index is -0.334. The number of rotatable bonds is 4. The molecule has 24 heavy (non-hydrogen) atoms. The maximum atomic E-state index is 12.7. The molecule has 0 atom stereocenters. The molecule has 0 aliphatic heterocycles. The minimum Gasteiger partial charge on any atom is -0.344 e. The van der Waals surface area contributed by atoms with Gasteiger partial charge >= 0.3 is 0 Å². The Kier molecular flexibility index (Phi) is 4.65. The first-order valence-corrected chi connectivity index (χ1v) is 8.28. The van der Waals surface area contributed by atoms with E-state index in [2.05, 4.69) is 16.2 Å². The van der Waals surface area contributed by atoms with Crippen LogP contribution < -0.4 is 10.9 Å². The average molecular weight is 358 g/mol. The van der Waals surface area contributed by atoms with Gasteiger partial charge in [0.15, 0.2) is 0 Å². The van der Waals surface area contributed by atoms with Crippen molar-refractivity contribution in [2.45, 2.75) is 6.54 Å². The molecule has 3 aromatic rings. The summed E-state index contributed by atoms with van der Waals surface area (Å²) in [5.74, 6) is 1.98. The van der Waals surface area contributed by atoms with Gasteiger partial charge in [-0.3, -0.25) is 14.2 Å². The number of nitrogens with one attached hydrogen (secondary N) is 1. The van der Waals surface area contributed by atoms with Gasteiger partial charge in [-0.2, -0.15) is 0 Å². The van der Waals surface area contributed by atoms with Crippen LogP contribution >= 0.6 is 22.9 Å². The van der Waals surface area contributed by atoms with Gasteiger partial charge in [0.05, 0.1) is 18.3 Å². The summed E-state index contributed by atoms with van der Waals surface area (Å²) in [5.41, 5.74) is 1.39. The zero-order valence-corrected chi connectivity index (χ0v) is 14.0. The van der Waals surface area contributed by atoms with Gasteiger partial charge in [0, 0.05) is 16.0 Å². The fourth-order valence-corrected chi connectivity index (χ4v) is 3.31. The highest BCUT2D eigenvalue weighted by Crippen LogP contribution is 2.31. The van der Waals surface area contributed by atoms with E-state index in [0.29, 0.717) is 15.2 Å². The average Bonchev–Trinajstić information content (AvgIpc) is 3.01. The van der Waals surface area contributed by atoms with Crippen LogP contribution in [0.25, 0.3) is 21.3 Å². The number of hydrogen-bond donors (Lipinski definition) is 1. The first kappa shape index (κ1) is 16.2. The Hall–Kier alpha value is -2.62. The van der Waals surface area contributed by atoms with Crippen molar-refractivity contribution in [1.29, 1.82) is 0 Å². The van der Waals surface area contributed by atoms with Gasteiger partial charge in [0.2, 0.25) is 5.91 Å². The third-order valence-corrected chi connectivity index (χ3v) is 4.56. The molecule has 1 N–H and O–H groups in total. The molecule has 0 aliphatic rings. The number of nitrogens with zero attached hydrogens (tertiary/aromatic N) is 2. The van der Waals surface area contributed by atoms with Gasteiger partial charge in [0.1, 0.15) is 11.4 Å². The van der Waals surface area contributed by atoms with E-state index in [9.17, 15) is 9.59 Å². The lowest BCUT2D eigenvalue weighted by molar-refractivity contribution is -0.121. The highest BCUT2D eigenvalue weighted by atomic mass is 35.5. The molecule has 7 heteroatoms. The van der Waals surface area contributed by atoms with E-state index in [1.807, 2.05) is 17.5 Å². The number of carbonyl (C=O) groups excluding carboxylic acids is 1. The normalized spacial score (nSPS) is 10.5. The van der Waals surface area contributed by atoms with Gasteiger partial charge in [-0.05, 0) is 17.7 Å². The van der Waals surface area contributed by atoms with Crippen LogP contribution in [0.2, 0.25) is 5.02 Å². The third kappa shape index (κ3) is 3.18.